The summed E-state index contributed by atoms with van der Waals surface area (Å²) in [6, 6.07) is 35.8. The van der Waals surface area contributed by atoms with Gasteiger partial charge in [-0.15, -0.1) is 0 Å². The van der Waals surface area contributed by atoms with Gasteiger partial charge in [-0.1, -0.05) is 182 Å². The first-order valence-corrected chi connectivity index (χ1v) is 21.9. The Morgan fingerprint density at radius 3 is 1.19 bits per heavy atom. The van der Waals surface area contributed by atoms with Crippen LogP contribution in [-0.4, -0.2) is 13.2 Å². The van der Waals surface area contributed by atoms with Crippen LogP contribution in [0, 0.1) is 13.8 Å². The summed E-state index contributed by atoms with van der Waals surface area (Å²) in [5.74, 6) is 1.86. The molecule has 0 atom stereocenters. The summed E-state index contributed by atoms with van der Waals surface area (Å²) in [5, 5.41) is 4.63. The molecule has 6 aromatic carbocycles. The van der Waals surface area contributed by atoms with Crippen LogP contribution >= 0.6 is 31.9 Å². The Morgan fingerprint density at radius 2 is 0.796 bits per heavy atom. The van der Waals surface area contributed by atoms with Crippen molar-refractivity contribution in [3.8, 4) is 44.9 Å². The number of unbranched alkanes of at least 4 members (excludes halogenated alkanes) is 10. The van der Waals surface area contributed by atoms with Gasteiger partial charge >= 0.3 is 0 Å². The lowest BCUT2D eigenvalue weighted by Gasteiger charge is -2.24. The maximum absolute atomic E-state index is 7.15. The summed E-state index contributed by atoms with van der Waals surface area (Å²) in [7, 11) is 0. The highest BCUT2D eigenvalue weighted by Gasteiger charge is 2.26. The molecule has 0 aliphatic heterocycles. The average molecular weight is 849 g/mol. The van der Waals surface area contributed by atoms with Crippen molar-refractivity contribution in [2.75, 3.05) is 13.2 Å². The Morgan fingerprint density at radius 1 is 0.426 bits per heavy atom. The highest BCUT2D eigenvalue weighted by molar-refractivity contribution is 9.10. The molecule has 0 N–H and O–H groups in total. The molecule has 0 aliphatic carbocycles. The van der Waals surface area contributed by atoms with Crippen LogP contribution in [0.25, 0.3) is 54.9 Å². The first kappa shape index (κ1) is 40.1. The number of ether oxygens (including phenoxy) is 2. The standard InChI is InChI=1S/C50H56Br2O2/c1-5-7-9-11-13-15-29-53-49-45(37-21-17-35(3)18-22-37)33-39-31-41(51)25-27-43(39)47(49)48-44-28-26-42(52)32-40(44)34-46(38-23-19-36(4)20-24-38)50(48)54-30-16-14-12-10-8-6-2/h17-28,31-34H,5-16,29-30H2,1-4H3. The van der Waals surface area contributed by atoms with Crippen molar-refractivity contribution in [2.45, 2.75) is 105 Å². The number of halogens is 2. The number of fused-ring (bicyclic) bond motifs is 2. The first-order chi connectivity index (χ1) is 26.4. The molecule has 6 rings (SSSR count). The van der Waals surface area contributed by atoms with E-state index in [2.05, 4.69) is 157 Å². The fourth-order valence-electron chi connectivity index (χ4n) is 7.52. The summed E-state index contributed by atoms with van der Waals surface area (Å²) in [4.78, 5) is 0. The second-order valence-corrected chi connectivity index (χ2v) is 16.8. The highest BCUT2D eigenvalue weighted by atomic mass is 79.9. The predicted octanol–water partition coefficient (Wildman–Crippen LogP) is 16.6. The molecule has 4 heteroatoms. The molecule has 2 nitrogen and oxygen atoms in total. The topological polar surface area (TPSA) is 18.5 Å². The summed E-state index contributed by atoms with van der Waals surface area (Å²) >= 11 is 7.63. The Hall–Kier alpha value is -3.60. The van der Waals surface area contributed by atoms with Crippen molar-refractivity contribution in [1.29, 1.82) is 0 Å². The van der Waals surface area contributed by atoms with E-state index in [1.165, 1.54) is 75.3 Å². The molecule has 282 valence electrons. The number of rotatable bonds is 19. The maximum Gasteiger partial charge on any atom is 0.135 e. The number of benzene rings is 6. The maximum atomic E-state index is 7.15. The number of aryl methyl sites for hydroxylation is 2. The SMILES string of the molecule is CCCCCCCCOc1c(-c2ccc(C)cc2)cc2cc(Br)ccc2c1-c1c(OCCCCCCCC)c(-c2ccc(C)cc2)cc2cc(Br)ccc12. The lowest BCUT2D eigenvalue weighted by Crippen LogP contribution is -2.05. The van der Waals surface area contributed by atoms with Gasteiger partial charge < -0.3 is 9.47 Å². The van der Waals surface area contributed by atoms with E-state index in [0.717, 1.165) is 88.2 Å². The van der Waals surface area contributed by atoms with Crippen molar-refractivity contribution in [3.63, 3.8) is 0 Å². The van der Waals surface area contributed by atoms with Gasteiger partial charge in [0.25, 0.3) is 0 Å². The molecule has 0 bridgehead atoms. The van der Waals surface area contributed by atoms with Crippen LogP contribution in [0.1, 0.15) is 102 Å². The lowest BCUT2D eigenvalue weighted by atomic mass is 9.86. The van der Waals surface area contributed by atoms with E-state index in [-0.39, 0.29) is 0 Å². The fourth-order valence-corrected chi connectivity index (χ4v) is 8.28. The Kier molecular flexibility index (Phi) is 14.7. The van der Waals surface area contributed by atoms with Crippen LogP contribution in [0.2, 0.25) is 0 Å². The van der Waals surface area contributed by atoms with Crippen LogP contribution in [0.15, 0.2) is 106 Å². The van der Waals surface area contributed by atoms with Crippen molar-refractivity contribution < 1.29 is 9.47 Å². The third-order valence-electron chi connectivity index (χ3n) is 10.6. The van der Waals surface area contributed by atoms with Crippen LogP contribution in [-0.2, 0) is 0 Å². The van der Waals surface area contributed by atoms with Gasteiger partial charge in [0, 0.05) is 31.2 Å². The van der Waals surface area contributed by atoms with Gasteiger partial charge in [-0.05, 0) is 95.8 Å². The number of hydrogen-bond donors (Lipinski definition) is 0. The first-order valence-electron chi connectivity index (χ1n) is 20.3. The van der Waals surface area contributed by atoms with Crippen molar-refractivity contribution in [1.82, 2.24) is 0 Å². The van der Waals surface area contributed by atoms with Gasteiger partial charge in [-0.2, -0.15) is 0 Å². The van der Waals surface area contributed by atoms with Crippen LogP contribution in [0.3, 0.4) is 0 Å². The molecule has 0 amide bonds. The van der Waals surface area contributed by atoms with Crippen LogP contribution < -0.4 is 9.47 Å². The minimum Gasteiger partial charge on any atom is -0.492 e. The number of hydrogen-bond acceptors (Lipinski definition) is 2. The van der Waals surface area contributed by atoms with Gasteiger partial charge in [-0.25, -0.2) is 0 Å². The minimum atomic E-state index is 0.662. The molecule has 0 saturated heterocycles. The Labute approximate surface area is 340 Å². The molecule has 0 radical (unpaired) electrons. The molecule has 0 fully saturated rings. The summed E-state index contributed by atoms with van der Waals surface area (Å²) in [5.41, 5.74) is 9.19. The zero-order valence-corrected chi connectivity index (χ0v) is 35.9. The fraction of sp³-hybridized carbons (Fsp3) is 0.360. The summed E-state index contributed by atoms with van der Waals surface area (Å²) in [6.07, 6.45) is 14.5. The quantitative estimate of drug-likeness (QED) is 0.0756. The van der Waals surface area contributed by atoms with E-state index in [1.54, 1.807) is 0 Å². The predicted molar refractivity (Wildman–Crippen MR) is 240 cm³/mol. The molecule has 0 saturated carbocycles. The molecule has 54 heavy (non-hydrogen) atoms. The molecule has 0 spiro atoms. The Bertz CT molecular complexity index is 1980. The van der Waals surface area contributed by atoms with E-state index in [4.69, 9.17) is 9.47 Å². The van der Waals surface area contributed by atoms with Gasteiger partial charge in [0.2, 0.25) is 0 Å². The van der Waals surface area contributed by atoms with Gasteiger partial charge in [0.1, 0.15) is 11.5 Å². The van der Waals surface area contributed by atoms with E-state index in [1.807, 2.05) is 0 Å². The molecule has 0 heterocycles. The third kappa shape index (κ3) is 9.98. The summed E-state index contributed by atoms with van der Waals surface area (Å²) in [6.45, 7) is 10.2. The highest BCUT2D eigenvalue weighted by Crippen LogP contribution is 2.53. The smallest absolute Gasteiger partial charge is 0.135 e. The lowest BCUT2D eigenvalue weighted by molar-refractivity contribution is 0.303. The molecular formula is C50H56Br2O2. The molecule has 0 aromatic heterocycles. The largest absolute Gasteiger partial charge is 0.492 e. The van der Waals surface area contributed by atoms with Crippen molar-refractivity contribution >= 4 is 53.4 Å². The second kappa shape index (κ2) is 19.8. The molecule has 6 aromatic rings. The van der Waals surface area contributed by atoms with E-state index < -0.39 is 0 Å². The van der Waals surface area contributed by atoms with Crippen LogP contribution in [0.5, 0.6) is 11.5 Å². The second-order valence-electron chi connectivity index (χ2n) is 15.0. The molecular weight excluding hydrogens is 792 g/mol. The van der Waals surface area contributed by atoms with Gasteiger partial charge in [0.05, 0.1) is 13.2 Å². The van der Waals surface area contributed by atoms with E-state index >= 15 is 0 Å². The molecule has 0 unspecified atom stereocenters. The van der Waals surface area contributed by atoms with E-state index in [0.29, 0.717) is 13.2 Å². The molecule has 0 aliphatic rings. The summed E-state index contributed by atoms with van der Waals surface area (Å²) < 4.78 is 16.4. The normalized spacial score (nSPS) is 11.4. The monoisotopic (exact) mass is 846 g/mol. The van der Waals surface area contributed by atoms with Crippen molar-refractivity contribution in [2.24, 2.45) is 0 Å². The zero-order valence-electron chi connectivity index (χ0n) is 32.7. The van der Waals surface area contributed by atoms with Gasteiger partial charge in [-0.3, -0.25) is 0 Å². The average Bonchev–Trinajstić information content (AvgIpc) is 3.17. The minimum absolute atomic E-state index is 0.662. The zero-order chi connectivity index (χ0) is 37.9. The van der Waals surface area contributed by atoms with Crippen molar-refractivity contribution in [3.05, 3.63) is 117 Å². The Balaban J connectivity index is 1.62. The van der Waals surface area contributed by atoms with Crippen LogP contribution in [0.4, 0.5) is 0 Å². The third-order valence-corrected chi connectivity index (χ3v) is 11.6. The van der Waals surface area contributed by atoms with E-state index in [9.17, 15) is 0 Å². The van der Waals surface area contributed by atoms with Gasteiger partial charge in [0.15, 0.2) is 0 Å².